The predicted octanol–water partition coefficient (Wildman–Crippen LogP) is 4.41. The third-order valence-corrected chi connectivity index (χ3v) is 4.24. The van der Waals surface area contributed by atoms with Gasteiger partial charge >= 0.3 is 0 Å². The molecule has 0 saturated heterocycles. The summed E-state index contributed by atoms with van der Waals surface area (Å²) in [6.45, 7) is 4.66. The minimum atomic E-state index is -0.123. The summed E-state index contributed by atoms with van der Waals surface area (Å²) in [6, 6.07) is 19.9. The topological polar surface area (TPSA) is 54.0 Å². The van der Waals surface area contributed by atoms with Gasteiger partial charge in [-0.25, -0.2) is 4.98 Å². The Labute approximate surface area is 154 Å². The number of nitrogens with one attached hydrogen (secondary N) is 2. The van der Waals surface area contributed by atoms with Crippen LogP contribution in [-0.4, -0.2) is 17.4 Å². The molecule has 0 bridgehead atoms. The van der Waals surface area contributed by atoms with E-state index in [4.69, 9.17) is 0 Å². The summed E-state index contributed by atoms with van der Waals surface area (Å²) < 4.78 is 0. The SMILES string of the molecule is Cc1ccc(C)c(Nc2ncccc2C(=O)NCCc2ccccc2)c1. The summed E-state index contributed by atoms with van der Waals surface area (Å²) in [5.41, 5.74) is 4.97. The molecule has 0 spiro atoms. The lowest BCUT2D eigenvalue weighted by Gasteiger charge is -2.13. The second kappa shape index (κ2) is 8.30. The average molecular weight is 345 g/mol. The molecule has 0 atom stereocenters. The van der Waals surface area contributed by atoms with Crippen LogP contribution in [0, 0.1) is 13.8 Å². The first-order valence-corrected chi connectivity index (χ1v) is 8.75. The van der Waals surface area contributed by atoms with Gasteiger partial charge in [-0.2, -0.15) is 0 Å². The molecule has 132 valence electrons. The summed E-state index contributed by atoms with van der Waals surface area (Å²) in [4.78, 5) is 17.0. The normalized spacial score (nSPS) is 10.4. The van der Waals surface area contributed by atoms with Gasteiger partial charge < -0.3 is 10.6 Å². The highest BCUT2D eigenvalue weighted by Gasteiger charge is 2.13. The Hall–Kier alpha value is -3.14. The zero-order valence-corrected chi connectivity index (χ0v) is 15.1. The number of pyridine rings is 1. The number of benzene rings is 2. The first-order valence-electron chi connectivity index (χ1n) is 8.75. The van der Waals surface area contributed by atoms with Crippen molar-refractivity contribution in [3.8, 4) is 0 Å². The Morgan fingerprint density at radius 2 is 1.81 bits per heavy atom. The van der Waals surface area contributed by atoms with Crippen LogP contribution in [0.2, 0.25) is 0 Å². The van der Waals surface area contributed by atoms with Crippen molar-refractivity contribution < 1.29 is 4.79 Å². The molecule has 0 unspecified atom stereocenters. The van der Waals surface area contributed by atoms with Crippen LogP contribution in [0.3, 0.4) is 0 Å². The molecule has 0 aliphatic heterocycles. The number of aryl methyl sites for hydroxylation is 2. The minimum Gasteiger partial charge on any atom is -0.352 e. The molecule has 2 N–H and O–H groups in total. The van der Waals surface area contributed by atoms with Crippen molar-refractivity contribution in [1.29, 1.82) is 0 Å². The molecule has 1 heterocycles. The van der Waals surface area contributed by atoms with Crippen LogP contribution in [0.15, 0.2) is 66.9 Å². The standard InChI is InChI=1S/C22H23N3O/c1-16-10-11-17(2)20(15-16)25-21-19(9-6-13-23-21)22(26)24-14-12-18-7-4-3-5-8-18/h3-11,13,15H,12,14H2,1-2H3,(H,23,25)(H,24,26). The Bertz CT molecular complexity index is 891. The van der Waals surface area contributed by atoms with E-state index in [0.717, 1.165) is 23.2 Å². The van der Waals surface area contributed by atoms with Crippen molar-refractivity contribution in [2.24, 2.45) is 0 Å². The molecule has 0 radical (unpaired) electrons. The van der Waals surface area contributed by atoms with Gasteiger partial charge in [-0.05, 0) is 55.2 Å². The molecule has 1 amide bonds. The van der Waals surface area contributed by atoms with Crippen LogP contribution in [-0.2, 0) is 6.42 Å². The Kier molecular flexibility index (Phi) is 5.64. The summed E-state index contributed by atoms with van der Waals surface area (Å²) in [5.74, 6) is 0.445. The third kappa shape index (κ3) is 4.48. The molecule has 1 aromatic heterocycles. The van der Waals surface area contributed by atoms with Crippen LogP contribution in [0.5, 0.6) is 0 Å². The molecule has 3 rings (SSSR count). The molecule has 4 heteroatoms. The van der Waals surface area contributed by atoms with Gasteiger partial charge in [0.2, 0.25) is 0 Å². The molecule has 3 aromatic rings. The highest BCUT2D eigenvalue weighted by molar-refractivity contribution is 5.99. The quantitative estimate of drug-likeness (QED) is 0.695. The fraction of sp³-hybridized carbons (Fsp3) is 0.182. The van der Waals surface area contributed by atoms with Gasteiger partial charge in [-0.15, -0.1) is 0 Å². The number of hydrogen-bond donors (Lipinski definition) is 2. The number of nitrogens with zero attached hydrogens (tertiary/aromatic N) is 1. The summed E-state index contributed by atoms with van der Waals surface area (Å²) >= 11 is 0. The molecule has 0 aliphatic rings. The van der Waals surface area contributed by atoms with E-state index in [1.807, 2.05) is 32.0 Å². The van der Waals surface area contributed by atoms with Gasteiger partial charge in [0.05, 0.1) is 5.56 Å². The van der Waals surface area contributed by atoms with Gasteiger partial charge in [0, 0.05) is 18.4 Å². The van der Waals surface area contributed by atoms with Crippen molar-refractivity contribution in [3.63, 3.8) is 0 Å². The fourth-order valence-corrected chi connectivity index (χ4v) is 2.75. The van der Waals surface area contributed by atoms with E-state index >= 15 is 0 Å². The Morgan fingerprint density at radius 1 is 1.00 bits per heavy atom. The lowest BCUT2D eigenvalue weighted by atomic mass is 10.1. The van der Waals surface area contributed by atoms with Crippen molar-refractivity contribution in [3.05, 3.63) is 89.1 Å². The van der Waals surface area contributed by atoms with E-state index in [1.165, 1.54) is 5.56 Å². The second-order valence-corrected chi connectivity index (χ2v) is 6.33. The molecule has 26 heavy (non-hydrogen) atoms. The predicted molar refractivity (Wildman–Crippen MR) is 106 cm³/mol. The van der Waals surface area contributed by atoms with E-state index in [9.17, 15) is 4.79 Å². The third-order valence-electron chi connectivity index (χ3n) is 4.24. The first-order chi connectivity index (χ1) is 12.6. The van der Waals surface area contributed by atoms with Crippen molar-refractivity contribution in [2.75, 3.05) is 11.9 Å². The number of rotatable bonds is 6. The highest BCUT2D eigenvalue weighted by atomic mass is 16.1. The Balaban J connectivity index is 1.70. The number of carbonyl (C=O) groups is 1. The smallest absolute Gasteiger partial charge is 0.255 e. The monoisotopic (exact) mass is 345 g/mol. The maximum absolute atomic E-state index is 12.6. The molecule has 4 nitrogen and oxygen atoms in total. The zero-order valence-electron chi connectivity index (χ0n) is 15.1. The van der Waals surface area contributed by atoms with Crippen molar-refractivity contribution in [1.82, 2.24) is 10.3 Å². The highest BCUT2D eigenvalue weighted by Crippen LogP contribution is 2.22. The Morgan fingerprint density at radius 3 is 2.62 bits per heavy atom. The maximum Gasteiger partial charge on any atom is 0.255 e. The first kappa shape index (κ1) is 17.7. The van der Waals surface area contributed by atoms with Crippen LogP contribution < -0.4 is 10.6 Å². The maximum atomic E-state index is 12.6. The molecular formula is C22H23N3O. The number of aromatic nitrogens is 1. The number of hydrogen-bond acceptors (Lipinski definition) is 3. The summed E-state index contributed by atoms with van der Waals surface area (Å²) in [7, 11) is 0. The van der Waals surface area contributed by atoms with Crippen LogP contribution in [0.25, 0.3) is 0 Å². The lowest BCUT2D eigenvalue weighted by molar-refractivity contribution is 0.0954. The minimum absolute atomic E-state index is 0.123. The van der Waals surface area contributed by atoms with Gasteiger partial charge in [0.1, 0.15) is 5.82 Å². The van der Waals surface area contributed by atoms with E-state index in [-0.39, 0.29) is 5.91 Å². The van der Waals surface area contributed by atoms with E-state index in [0.29, 0.717) is 17.9 Å². The number of carbonyl (C=O) groups excluding carboxylic acids is 1. The van der Waals surface area contributed by atoms with Gasteiger partial charge in [0.25, 0.3) is 5.91 Å². The molecule has 0 aliphatic carbocycles. The summed E-state index contributed by atoms with van der Waals surface area (Å²) in [5, 5.41) is 6.28. The number of amides is 1. The van der Waals surface area contributed by atoms with Gasteiger partial charge in [-0.1, -0.05) is 42.5 Å². The van der Waals surface area contributed by atoms with Gasteiger partial charge in [0.15, 0.2) is 0 Å². The second-order valence-electron chi connectivity index (χ2n) is 6.33. The van der Waals surface area contributed by atoms with Crippen molar-refractivity contribution >= 4 is 17.4 Å². The van der Waals surface area contributed by atoms with Gasteiger partial charge in [-0.3, -0.25) is 4.79 Å². The van der Waals surface area contributed by atoms with Crippen molar-refractivity contribution in [2.45, 2.75) is 20.3 Å². The number of anilines is 2. The van der Waals surface area contributed by atoms with Crippen LogP contribution in [0.4, 0.5) is 11.5 Å². The summed E-state index contributed by atoms with van der Waals surface area (Å²) in [6.07, 6.45) is 2.49. The van der Waals surface area contributed by atoms with E-state index in [1.54, 1.807) is 18.3 Å². The lowest BCUT2D eigenvalue weighted by Crippen LogP contribution is -2.26. The molecule has 0 saturated carbocycles. The van der Waals surface area contributed by atoms with Crippen LogP contribution >= 0.6 is 0 Å². The van der Waals surface area contributed by atoms with E-state index < -0.39 is 0 Å². The zero-order chi connectivity index (χ0) is 18.4. The molecule has 0 fully saturated rings. The molecular weight excluding hydrogens is 322 g/mol. The largest absolute Gasteiger partial charge is 0.352 e. The van der Waals surface area contributed by atoms with E-state index in [2.05, 4.69) is 45.9 Å². The fourth-order valence-electron chi connectivity index (χ4n) is 2.75. The molecule has 2 aromatic carbocycles. The van der Waals surface area contributed by atoms with Crippen LogP contribution in [0.1, 0.15) is 27.0 Å². The average Bonchev–Trinajstić information content (AvgIpc) is 2.66.